The summed E-state index contributed by atoms with van der Waals surface area (Å²) in [5.74, 6) is 0.417. The van der Waals surface area contributed by atoms with Crippen molar-refractivity contribution in [3.8, 4) is 0 Å². The fourth-order valence-corrected chi connectivity index (χ4v) is 2.54. The second-order valence-electron chi connectivity index (χ2n) is 4.58. The van der Waals surface area contributed by atoms with Crippen molar-refractivity contribution >= 4 is 52.2 Å². The van der Waals surface area contributed by atoms with Gasteiger partial charge in [-0.15, -0.1) is 11.3 Å². The molecule has 2 rings (SSSR count). The first-order chi connectivity index (χ1) is 11.8. The Hall–Kier alpha value is -2.53. The minimum atomic E-state index is -0.278. The Morgan fingerprint density at radius 2 is 2.12 bits per heavy atom. The zero-order valence-corrected chi connectivity index (χ0v) is 15.5. The topological polar surface area (TPSA) is 149 Å². The number of nitrogens with two attached hydrogens (primary N) is 2. The van der Waals surface area contributed by atoms with Crippen LogP contribution in [0.2, 0.25) is 0 Å². The number of aromatic nitrogens is 3. The normalized spacial score (nSPS) is 9.68. The van der Waals surface area contributed by atoms with E-state index in [1.807, 2.05) is 0 Å². The lowest BCUT2D eigenvalue weighted by atomic mass is 10.4. The number of rotatable bonds is 5. The first-order valence-corrected chi connectivity index (χ1v) is 8.59. The van der Waals surface area contributed by atoms with Gasteiger partial charge in [0.05, 0.1) is 13.0 Å². The molecule has 0 bridgehead atoms. The van der Waals surface area contributed by atoms with Crippen molar-refractivity contribution in [2.75, 3.05) is 23.4 Å². The number of nitrogen functional groups attached to an aromatic ring is 2. The lowest BCUT2D eigenvalue weighted by Gasteiger charge is -1.98. The minimum Gasteiger partial charge on any atom is -0.466 e. The molecule has 11 heteroatoms. The van der Waals surface area contributed by atoms with Gasteiger partial charge < -0.3 is 26.5 Å². The molecule has 0 saturated carbocycles. The van der Waals surface area contributed by atoms with Gasteiger partial charge in [0.2, 0.25) is 5.91 Å². The van der Waals surface area contributed by atoms with E-state index >= 15 is 0 Å². The third kappa shape index (κ3) is 8.22. The van der Waals surface area contributed by atoms with Crippen LogP contribution in [0.3, 0.4) is 0 Å². The van der Waals surface area contributed by atoms with Gasteiger partial charge in [-0.05, 0) is 19.1 Å². The van der Waals surface area contributed by atoms with Crippen molar-refractivity contribution in [2.45, 2.75) is 26.7 Å². The maximum atomic E-state index is 11.2. The lowest BCUT2D eigenvalue weighted by Crippen LogP contribution is -2.08. The molecule has 0 aliphatic rings. The highest BCUT2D eigenvalue weighted by Crippen LogP contribution is 2.18. The highest BCUT2D eigenvalue weighted by molar-refractivity contribution is 7.71. The van der Waals surface area contributed by atoms with E-state index in [9.17, 15) is 9.59 Å². The summed E-state index contributed by atoms with van der Waals surface area (Å²) in [6.45, 7) is 3.90. The fourth-order valence-electron chi connectivity index (χ4n) is 1.51. The second-order valence-corrected chi connectivity index (χ2v) is 6.08. The molecule has 0 fully saturated rings. The van der Waals surface area contributed by atoms with Crippen molar-refractivity contribution in [3.63, 3.8) is 0 Å². The van der Waals surface area contributed by atoms with E-state index in [0.29, 0.717) is 34.6 Å². The Bertz CT molecular complexity index is 751. The van der Waals surface area contributed by atoms with Crippen LogP contribution in [-0.4, -0.2) is 33.4 Å². The largest absolute Gasteiger partial charge is 0.466 e. The molecule has 2 heterocycles. The van der Waals surface area contributed by atoms with E-state index in [4.69, 9.17) is 16.2 Å². The molecule has 1 amide bonds. The number of hydrogen-bond acceptors (Lipinski definition) is 9. The van der Waals surface area contributed by atoms with E-state index in [1.165, 1.54) is 17.4 Å². The monoisotopic (exact) mass is 384 g/mol. The number of hydrogen-bond donors (Lipinski definition) is 4. The van der Waals surface area contributed by atoms with Crippen LogP contribution in [-0.2, 0) is 20.7 Å². The van der Waals surface area contributed by atoms with Gasteiger partial charge in [0.25, 0.3) is 0 Å². The molecule has 0 radical (unpaired) electrons. The molecule has 0 aliphatic carbocycles. The minimum absolute atomic E-state index is 0.0861. The zero-order valence-electron chi connectivity index (χ0n) is 13.9. The van der Waals surface area contributed by atoms with Crippen LogP contribution < -0.4 is 16.8 Å². The van der Waals surface area contributed by atoms with Gasteiger partial charge in [-0.1, -0.05) is 6.92 Å². The van der Waals surface area contributed by atoms with Crippen LogP contribution >= 0.6 is 23.6 Å². The highest BCUT2D eigenvalue weighted by atomic mass is 32.1. The van der Waals surface area contributed by atoms with E-state index in [0.717, 1.165) is 4.88 Å². The van der Waals surface area contributed by atoms with Crippen LogP contribution in [0.15, 0.2) is 12.3 Å². The van der Waals surface area contributed by atoms with Crippen LogP contribution in [0.4, 0.5) is 16.8 Å². The number of carbonyl (C=O) groups excluding carboxylic acids is 2. The third-order valence-electron chi connectivity index (χ3n) is 2.53. The third-order valence-corrected chi connectivity index (χ3v) is 3.64. The fraction of sp³-hybridized carbons (Fsp3) is 0.357. The molecule has 25 heavy (non-hydrogen) atoms. The standard InChI is InChI=1S/C10H14N2O3S.C4H6N4S/c1-3-8(13)12-10-11-6-7(16-10)5-9(14)15-4-2;5-2-1-3(6)8-4(9)7-2/h6H,3-5H2,1-2H3,(H,11,12,13);1H,(H5,5,6,7,8,9). The molecular weight excluding hydrogens is 364 g/mol. The number of thiazole rings is 1. The van der Waals surface area contributed by atoms with Gasteiger partial charge in [-0.25, -0.2) is 9.97 Å². The van der Waals surface area contributed by atoms with Crippen LogP contribution in [0, 0.1) is 4.77 Å². The summed E-state index contributed by atoms with van der Waals surface area (Å²) in [7, 11) is 0. The molecule has 0 aliphatic heterocycles. The first-order valence-electron chi connectivity index (χ1n) is 7.36. The summed E-state index contributed by atoms with van der Waals surface area (Å²) in [5, 5.41) is 3.15. The predicted octanol–water partition coefficient (Wildman–Crippen LogP) is 1.90. The summed E-state index contributed by atoms with van der Waals surface area (Å²) in [5.41, 5.74) is 10.6. The molecule has 0 aromatic carbocycles. The number of nitrogens with zero attached hydrogens (tertiary/aromatic N) is 2. The Morgan fingerprint density at radius 1 is 1.40 bits per heavy atom. The van der Waals surface area contributed by atoms with Crippen molar-refractivity contribution in [1.29, 1.82) is 0 Å². The number of aromatic amines is 1. The molecular formula is C14H20N6O3S2. The molecule has 0 atom stereocenters. The number of H-pyrrole nitrogens is 1. The summed E-state index contributed by atoms with van der Waals surface area (Å²) >= 11 is 5.95. The van der Waals surface area contributed by atoms with Crippen molar-refractivity contribution < 1.29 is 14.3 Å². The lowest BCUT2D eigenvalue weighted by molar-refractivity contribution is -0.142. The summed E-state index contributed by atoms with van der Waals surface area (Å²) < 4.78 is 5.12. The van der Waals surface area contributed by atoms with Gasteiger partial charge in [0.1, 0.15) is 11.6 Å². The van der Waals surface area contributed by atoms with E-state index < -0.39 is 0 Å². The number of amides is 1. The SMILES string of the molecule is CCOC(=O)Cc1cnc(NC(=O)CC)s1.Nc1cc(N)[nH]c(=S)n1. The van der Waals surface area contributed by atoms with Gasteiger partial charge in [0.15, 0.2) is 9.90 Å². The molecule has 6 N–H and O–H groups in total. The molecule has 9 nitrogen and oxygen atoms in total. The summed E-state index contributed by atoms with van der Waals surface area (Å²) in [6.07, 6.45) is 2.19. The Morgan fingerprint density at radius 3 is 2.68 bits per heavy atom. The Labute approximate surface area is 153 Å². The highest BCUT2D eigenvalue weighted by Gasteiger charge is 2.09. The average molecular weight is 384 g/mol. The van der Waals surface area contributed by atoms with E-state index in [2.05, 4.69) is 32.5 Å². The van der Waals surface area contributed by atoms with Crippen molar-refractivity contribution in [2.24, 2.45) is 0 Å². The average Bonchev–Trinajstić information content (AvgIpc) is 2.93. The first kappa shape index (κ1) is 20.5. The molecule has 0 saturated heterocycles. The molecule has 2 aromatic heterocycles. The van der Waals surface area contributed by atoms with Crippen LogP contribution in [0.1, 0.15) is 25.1 Å². The maximum absolute atomic E-state index is 11.2. The Kier molecular flexibility index (Phi) is 8.50. The van der Waals surface area contributed by atoms with Crippen molar-refractivity contribution in [1.82, 2.24) is 15.0 Å². The number of ether oxygens (including phenoxy) is 1. The number of carbonyl (C=O) groups is 2. The number of anilines is 3. The molecule has 136 valence electrons. The van der Waals surface area contributed by atoms with Gasteiger partial charge in [-0.3, -0.25) is 9.59 Å². The quantitative estimate of drug-likeness (QED) is 0.451. The summed E-state index contributed by atoms with van der Waals surface area (Å²) in [4.78, 5) is 33.3. The second kappa shape index (κ2) is 10.4. The summed E-state index contributed by atoms with van der Waals surface area (Å²) in [6, 6.07) is 1.51. The predicted molar refractivity (Wildman–Crippen MR) is 99.6 cm³/mol. The smallest absolute Gasteiger partial charge is 0.311 e. The van der Waals surface area contributed by atoms with Crippen molar-refractivity contribution in [3.05, 3.63) is 21.9 Å². The zero-order chi connectivity index (χ0) is 18.8. The van der Waals surface area contributed by atoms with Gasteiger partial charge in [0, 0.05) is 23.6 Å². The maximum Gasteiger partial charge on any atom is 0.311 e. The van der Waals surface area contributed by atoms with E-state index in [1.54, 1.807) is 20.0 Å². The molecule has 0 unspecified atom stereocenters. The van der Waals surface area contributed by atoms with Crippen LogP contribution in [0.25, 0.3) is 0 Å². The Balaban J connectivity index is 0.000000293. The van der Waals surface area contributed by atoms with Gasteiger partial charge >= 0.3 is 5.97 Å². The molecule has 0 spiro atoms. The molecule has 2 aromatic rings. The van der Waals surface area contributed by atoms with Gasteiger partial charge in [-0.2, -0.15) is 0 Å². The van der Waals surface area contributed by atoms with E-state index in [-0.39, 0.29) is 18.3 Å². The number of esters is 1. The number of nitrogens with one attached hydrogen (secondary N) is 2. The van der Waals surface area contributed by atoms with Crippen LogP contribution in [0.5, 0.6) is 0 Å².